The summed E-state index contributed by atoms with van der Waals surface area (Å²) in [6.45, 7) is 0. The van der Waals surface area contributed by atoms with Gasteiger partial charge in [0, 0.05) is 26.2 Å². The summed E-state index contributed by atoms with van der Waals surface area (Å²) < 4.78 is 2.78. The minimum absolute atomic E-state index is 0.0736. The smallest absolute Gasteiger partial charge is 0.213 e. The molecule has 7 heteroatoms. The number of carbonyl (C=O) groups excluding carboxylic acids is 1. The first-order valence-corrected chi connectivity index (χ1v) is 11.8. The lowest BCUT2D eigenvalue weighted by Gasteiger charge is -2.01. The first-order valence-electron chi connectivity index (χ1n) is 9.77. The van der Waals surface area contributed by atoms with Crippen LogP contribution in [0.15, 0.2) is 89.4 Å². The summed E-state index contributed by atoms with van der Waals surface area (Å²) in [7, 11) is 0. The lowest BCUT2D eigenvalue weighted by molar-refractivity contribution is 0.104. The van der Waals surface area contributed by atoms with Crippen LogP contribution in [0.25, 0.3) is 32.9 Å². The quantitative estimate of drug-likeness (QED) is 0.179. The minimum atomic E-state index is -0.0736. The number of hydrogen-bond donors (Lipinski definition) is 0. The lowest BCUT2D eigenvalue weighted by Crippen LogP contribution is -1.95. The number of hydrogen-bond acceptors (Lipinski definition) is 4. The Morgan fingerprint density at radius 1 is 0.938 bits per heavy atom. The zero-order valence-electron chi connectivity index (χ0n) is 16.6. The third-order valence-corrected chi connectivity index (χ3v) is 6.64. The minimum Gasteiger partial charge on any atom is -0.289 e. The van der Waals surface area contributed by atoms with Gasteiger partial charge in [0.25, 0.3) is 0 Å². The molecular formula is C25H15BrClN3OS. The molecule has 3 aromatic carbocycles. The molecule has 2 heterocycles. The van der Waals surface area contributed by atoms with Crippen molar-refractivity contribution in [3.05, 3.63) is 106 Å². The van der Waals surface area contributed by atoms with E-state index in [1.807, 2.05) is 66.7 Å². The molecule has 0 saturated carbocycles. The molecule has 5 aromatic rings. The molecule has 0 bridgehead atoms. The molecule has 32 heavy (non-hydrogen) atoms. The van der Waals surface area contributed by atoms with Crippen LogP contribution in [-0.2, 0) is 0 Å². The van der Waals surface area contributed by atoms with Gasteiger partial charge in [-0.3, -0.25) is 4.79 Å². The molecule has 4 nitrogen and oxygen atoms in total. The molecule has 0 saturated heterocycles. The van der Waals surface area contributed by atoms with Gasteiger partial charge in [0.2, 0.25) is 4.96 Å². The molecule has 0 aliphatic carbocycles. The SMILES string of the molecule is O=C(/C=C/c1c(-c2ccc(Br)cc2)nc2sc(-c3ccc(Cl)cc3)nn12)c1ccccc1. The maximum absolute atomic E-state index is 12.7. The fourth-order valence-corrected chi connectivity index (χ4v) is 4.60. The number of ketones is 1. The number of fused-ring (bicyclic) bond motifs is 1. The Hall–Kier alpha value is -3.06. The van der Waals surface area contributed by atoms with Crippen LogP contribution >= 0.6 is 38.9 Å². The summed E-state index contributed by atoms with van der Waals surface area (Å²) in [5.74, 6) is -0.0736. The summed E-state index contributed by atoms with van der Waals surface area (Å²) in [5, 5.41) is 6.29. The standard InChI is InChI=1S/C25H15BrClN3OS/c26-19-10-6-17(7-11-19)23-21(14-15-22(31)16-4-2-1-3-5-16)30-25(28-23)32-24(29-30)18-8-12-20(27)13-9-18/h1-15H/b15-14+. The molecule has 0 unspecified atom stereocenters. The van der Waals surface area contributed by atoms with E-state index in [2.05, 4.69) is 15.9 Å². The summed E-state index contributed by atoms with van der Waals surface area (Å²) in [4.78, 5) is 18.3. The zero-order chi connectivity index (χ0) is 22.1. The average Bonchev–Trinajstić information content (AvgIpc) is 3.37. The van der Waals surface area contributed by atoms with Crippen molar-refractivity contribution in [2.45, 2.75) is 0 Å². The fraction of sp³-hybridized carbons (Fsp3) is 0. The lowest BCUT2D eigenvalue weighted by atomic mass is 10.1. The summed E-state index contributed by atoms with van der Waals surface area (Å²) in [6.07, 6.45) is 3.36. The largest absolute Gasteiger partial charge is 0.289 e. The molecule has 0 aliphatic rings. The van der Waals surface area contributed by atoms with Crippen LogP contribution < -0.4 is 0 Å². The average molecular weight is 521 g/mol. The number of rotatable bonds is 5. The van der Waals surface area contributed by atoms with E-state index < -0.39 is 0 Å². The number of allylic oxidation sites excluding steroid dienone is 1. The van der Waals surface area contributed by atoms with Gasteiger partial charge < -0.3 is 0 Å². The first kappa shape index (κ1) is 20.8. The van der Waals surface area contributed by atoms with Gasteiger partial charge in [-0.25, -0.2) is 9.50 Å². The fourth-order valence-electron chi connectivity index (χ4n) is 3.30. The zero-order valence-corrected chi connectivity index (χ0v) is 19.7. The van der Waals surface area contributed by atoms with Crippen molar-refractivity contribution >= 4 is 55.7 Å². The van der Waals surface area contributed by atoms with Gasteiger partial charge in [0.1, 0.15) is 5.01 Å². The van der Waals surface area contributed by atoms with Crippen LogP contribution in [0.2, 0.25) is 5.02 Å². The Bertz CT molecular complexity index is 1440. The second-order valence-corrected chi connectivity index (χ2v) is 9.33. The number of halogens is 2. The number of imidazole rings is 1. The topological polar surface area (TPSA) is 47.3 Å². The Kier molecular flexibility index (Phi) is 5.74. The third kappa shape index (κ3) is 4.17. The highest BCUT2D eigenvalue weighted by Gasteiger charge is 2.17. The summed E-state index contributed by atoms with van der Waals surface area (Å²) >= 11 is 11.0. The number of carbonyl (C=O) groups is 1. The second-order valence-electron chi connectivity index (χ2n) is 7.02. The Balaban J connectivity index is 1.61. The van der Waals surface area contributed by atoms with E-state index in [1.54, 1.807) is 28.8 Å². The van der Waals surface area contributed by atoms with E-state index in [1.165, 1.54) is 11.3 Å². The van der Waals surface area contributed by atoms with Gasteiger partial charge in [-0.1, -0.05) is 93.5 Å². The van der Waals surface area contributed by atoms with Gasteiger partial charge in [-0.05, 0) is 36.4 Å². The number of benzene rings is 3. The van der Waals surface area contributed by atoms with Gasteiger partial charge >= 0.3 is 0 Å². The van der Waals surface area contributed by atoms with Crippen molar-refractivity contribution in [3.63, 3.8) is 0 Å². The molecular weight excluding hydrogens is 506 g/mol. The molecule has 0 radical (unpaired) electrons. The highest BCUT2D eigenvalue weighted by Crippen LogP contribution is 2.32. The second kappa shape index (κ2) is 8.82. The van der Waals surface area contributed by atoms with E-state index in [0.717, 1.165) is 37.0 Å². The third-order valence-electron chi connectivity index (χ3n) is 4.90. The molecule has 0 aliphatic heterocycles. The van der Waals surface area contributed by atoms with E-state index >= 15 is 0 Å². The first-order chi connectivity index (χ1) is 15.6. The van der Waals surface area contributed by atoms with Crippen LogP contribution in [0.3, 0.4) is 0 Å². The van der Waals surface area contributed by atoms with E-state index in [4.69, 9.17) is 21.7 Å². The van der Waals surface area contributed by atoms with Crippen LogP contribution in [0, 0.1) is 0 Å². The van der Waals surface area contributed by atoms with Crippen LogP contribution in [-0.4, -0.2) is 20.4 Å². The van der Waals surface area contributed by atoms with E-state index in [-0.39, 0.29) is 5.78 Å². The van der Waals surface area contributed by atoms with Gasteiger partial charge in [-0.15, -0.1) is 0 Å². The summed E-state index contributed by atoms with van der Waals surface area (Å²) in [5.41, 5.74) is 4.07. The molecule has 156 valence electrons. The Labute approximate surface area is 202 Å². The number of nitrogens with zero attached hydrogens (tertiary/aromatic N) is 3. The van der Waals surface area contributed by atoms with Crippen molar-refractivity contribution in [2.75, 3.05) is 0 Å². The normalized spacial score (nSPS) is 11.4. The molecule has 2 aromatic heterocycles. The Morgan fingerprint density at radius 3 is 2.34 bits per heavy atom. The molecule has 0 spiro atoms. The Morgan fingerprint density at radius 2 is 1.62 bits per heavy atom. The predicted octanol–water partition coefficient (Wildman–Crippen LogP) is 7.44. The molecule has 0 amide bonds. The monoisotopic (exact) mass is 519 g/mol. The summed E-state index contributed by atoms with van der Waals surface area (Å²) in [6, 6.07) is 24.7. The molecule has 5 rings (SSSR count). The highest BCUT2D eigenvalue weighted by atomic mass is 79.9. The van der Waals surface area contributed by atoms with Crippen LogP contribution in [0.1, 0.15) is 16.1 Å². The van der Waals surface area contributed by atoms with Crippen molar-refractivity contribution in [1.29, 1.82) is 0 Å². The molecule has 0 fully saturated rings. The van der Waals surface area contributed by atoms with Gasteiger partial charge in [0.15, 0.2) is 5.78 Å². The van der Waals surface area contributed by atoms with Crippen molar-refractivity contribution in [1.82, 2.24) is 14.6 Å². The van der Waals surface area contributed by atoms with Gasteiger partial charge in [-0.2, -0.15) is 5.10 Å². The van der Waals surface area contributed by atoms with Gasteiger partial charge in [0.05, 0.1) is 11.4 Å². The van der Waals surface area contributed by atoms with E-state index in [0.29, 0.717) is 10.6 Å². The van der Waals surface area contributed by atoms with Crippen LogP contribution in [0.5, 0.6) is 0 Å². The van der Waals surface area contributed by atoms with Crippen molar-refractivity contribution in [2.24, 2.45) is 0 Å². The predicted molar refractivity (Wildman–Crippen MR) is 134 cm³/mol. The maximum Gasteiger partial charge on any atom is 0.213 e. The van der Waals surface area contributed by atoms with E-state index in [9.17, 15) is 4.79 Å². The maximum atomic E-state index is 12.7. The van der Waals surface area contributed by atoms with Crippen molar-refractivity contribution < 1.29 is 4.79 Å². The van der Waals surface area contributed by atoms with Crippen LogP contribution in [0.4, 0.5) is 0 Å². The molecule has 0 N–H and O–H groups in total. The number of aromatic nitrogens is 3. The molecule has 0 atom stereocenters. The van der Waals surface area contributed by atoms with Crippen molar-refractivity contribution in [3.8, 4) is 21.8 Å². The highest BCUT2D eigenvalue weighted by molar-refractivity contribution is 9.10.